The number of fused-ring (bicyclic) bond motifs is 1. The third kappa shape index (κ3) is 2.22. The number of rotatable bonds is 1. The topological polar surface area (TPSA) is 40.5 Å². The minimum atomic E-state index is -0.164. The summed E-state index contributed by atoms with van der Waals surface area (Å²) in [5, 5.41) is 9.89. The van der Waals surface area contributed by atoms with E-state index in [0.717, 1.165) is 10.5 Å². The van der Waals surface area contributed by atoms with Crippen molar-refractivity contribution in [1.29, 1.82) is 0 Å². The number of hydrogen-bond donors (Lipinski definition) is 1. The fourth-order valence-electron chi connectivity index (χ4n) is 1.88. The van der Waals surface area contributed by atoms with E-state index in [2.05, 4.69) is 0 Å². The third-order valence-electron chi connectivity index (χ3n) is 2.81. The van der Waals surface area contributed by atoms with Crippen molar-refractivity contribution in [2.24, 2.45) is 0 Å². The largest absolute Gasteiger partial charge is 0.506 e. The predicted molar refractivity (Wildman–Crippen MR) is 76.9 cm³/mol. The molecule has 0 bridgehead atoms. The van der Waals surface area contributed by atoms with Gasteiger partial charge in [-0.1, -0.05) is 30.3 Å². The first-order valence-corrected chi connectivity index (χ1v) is 6.60. The Balaban J connectivity index is 2.07. The molecular weight excluding hydrogens is 258 g/mol. The maximum absolute atomic E-state index is 12.1. The number of amides is 1. The summed E-state index contributed by atoms with van der Waals surface area (Å²) in [6.07, 6.45) is 3.32. The van der Waals surface area contributed by atoms with E-state index in [4.69, 9.17) is 0 Å². The number of nitrogens with zero attached hydrogens (tertiary/aromatic N) is 1. The van der Waals surface area contributed by atoms with E-state index < -0.39 is 0 Å². The number of carbonyl (C=O) groups excluding carboxylic acids is 1. The van der Waals surface area contributed by atoms with Crippen LogP contribution in [0.5, 0.6) is 5.75 Å². The van der Waals surface area contributed by atoms with Crippen LogP contribution in [0.25, 0.3) is 6.08 Å². The second-order valence-electron chi connectivity index (χ2n) is 4.08. The normalized spacial score (nSPS) is 14.1. The SMILES string of the molecule is O=C1C=Cc2ccccc2SN1c1ccccc1O. The lowest BCUT2D eigenvalue weighted by molar-refractivity contribution is -0.112. The number of para-hydroxylation sites is 2. The molecule has 0 radical (unpaired) electrons. The van der Waals surface area contributed by atoms with Crippen molar-refractivity contribution in [3.05, 3.63) is 60.2 Å². The number of benzene rings is 2. The van der Waals surface area contributed by atoms with Crippen molar-refractivity contribution in [2.75, 3.05) is 4.31 Å². The zero-order chi connectivity index (χ0) is 13.2. The number of hydrogen-bond acceptors (Lipinski definition) is 3. The van der Waals surface area contributed by atoms with Crippen LogP contribution in [0, 0.1) is 0 Å². The fourth-order valence-corrected chi connectivity index (χ4v) is 2.86. The van der Waals surface area contributed by atoms with Crippen LogP contribution in [0.1, 0.15) is 5.56 Å². The molecule has 2 aromatic rings. The lowest BCUT2D eigenvalue weighted by Crippen LogP contribution is -2.20. The highest BCUT2D eigenvalue weighted by atomic mass is 32.2. The monoisotopic (exact) mass is 269 g/mol. The molecule has 0 aromatic heterocycles. The highest BCUT2D eigenvalue weighted by Gasteiger charge is 2.21. The molecule has 4 heteroatoms. The molecule has 0 saturated carbocycles. The van der Waals surface area contributed by atoms with Gasteiger partial charge < -0.3 is 5.11 Å². The summed E-state index contributed by atoms with van der Waals surface area (Å²) < 4.78 is 1.50. The van der Waals surface area contributed by atoms with E-state index in [1.807, 2.05) is 24.3 Å². The molecule has 1 aliphatic rings. The van der Waals surface area contributed by atoms with Crippen LogP contribution >= 0.6 is 11.9 Å². The van der Waals surface area contributed by atoms with E-state index in [-0.39, 0.29) is 11.7 Å². The van der Waals surface area contributed by atoms with Gasteiger partial charge in [0.2, 0.25) is 0 Å². The van der Waals surface area contributed by atoms with Crippen molar-refractivity contribution in [3.8, 4) is 5.75 Å². The predicted octanol–water partition coefficient (Wildman–Crippen LogP) is 3.46. The van der Waals surface area contributed by atoms with Gasteiger partial charge in [-0.15, -0.1) is 0 Å². The van der Waals surface area contributed by atoms with Crippen molar-refractivity contribution in [2.45, 2.75) is 4.90 Å². The first-order valence-electron chi connectivity index (χ1n) is 5.83. The standard InChI is InChI=1S/C15H11NO2S/c17-13-7-3-2-6-12(13)16-15(18)10-9-11-5-1-4-8-14(11)19-16/h1-10,17H. The van der Waals surface area contributed by atoms with Crippen LogP contribution in [0.2, 0.25) is 0 Å². The molecule has 1 N–H and O–H groups in total. The lowest BCUT2D eigenvalue weighted by Gasteiger charge is -2.19. The summed E-state index contributed by atoms with van der Waals surface area (Å²) in [5.41, 5.74) is 1.50. The molecule has 3 rings (SSSR count). The number of phenols is 1. The molecule has 1 aliphatic heterocycles. The van der Waals surface area contributed by atoms with Crippen LogP contribution < -0.4 is 4.31 Å². The Kier molecular flexibility index (Phi) is 3.01. The van der Waals surface area contributed by atoms with E-state index in [9.17, 15) is 9.90 Å². The summed E-state index contributed by atoms with van der Waals surface area (Å²) in [4.78, 5) is 13.1. The van der Waals surface area contributed by atoms with Crippen LogP contribution in [-0.4, -0.2) is 11.0 Å². The molecule has 1 heterocycles. The second-order valence-corrected chi connectivity index (χ2v) is 5.07. The van der Waals surface area contributed by atoms with E-state index in [1.54, 1.807) is 30.3 Å². The highest BCUT2D eigenvalue weighted by molar-refractivity contribution is 8.01. The number of aromatic hydroxyl groups is 1. The van der Waals surface area contributed by atoms with Gasteiger partial charge >= 0.3 is 0 Å². The molecule has 0 spiro atoms. The molecule has 0 aliphatic carbocycles. The van der Waals surface area contributed by atoms with Crippen LogP contribution in [0.4, 0.5) is 5.69 Å². The smallest absolute Gasteiger partial charge is 0.261 e. The van der Waals surface area contributed by atoms with Crippen molar-refractivity contribution < 1.29 is 9.90 Å². The van der Waals surface area contributed by atoms with Crippen LogP contribution in [0.3, 0.4) is 0 Å². The lowest BCUT2D eigenvalue weighted by atomic mass is 10.2. The molecule has 0 unspecified atom stereocenters. The van der Waals surface area contributed by atoms with Gasteiger partial charge in [0, 0.05) is 11.0 Å². The van der Waals surface area contributed by atoms with Gasteiger partial charge in [0.15, 0.2) is 0 Å². The van der Waals surface area contributed by atoms with Gasteiger partial charge in [-0.2, -0.15) is 0 Å². The molecular formula is C15H11NO2S. The van der Waals surface area contributed by atoms with Crippen molar-refractivity contribution >= 4 is 29.6 Å². The zero-order valence-electron chi connectivity index (χ0n) is 9.98. The second kappa shape index (κ2) is 4.82. The average Bonchev–Trinajstić information content (AvgIpc) is 2.60. The van der Waals surface area contributed by atoms with Gasteiger partial charge in [0.05, 0.1) is 5.69 Å². The summed E-state index contributed by atoms with van der Waals surface area (Å²) in [6.45, 7) is 0. The van der Waals surface area contributed by atoms with Gasteiger partial charge in [-0.3, -0.25) is 4.79 Å². The van der Waals surface area contributed by atoms with Crippen molar-refractivity contribution in [3.63, 3.8) is 0 Å². The van der Waals surface area contributed by atoms with E-state index >= 15 is 0 Å². The highest BCUT2D eigenvalue weighted by Crippen LogP contribution is 2.38. The molecule has 2 aromatic carbocycles. The van der Waals surface area contributed by atoms with Gasteiger partial charge in [-0.05, 0) is 41.8 Å². The number of phenolic OH excluding ortho intramolecular Hbond substituents is 1. The van der Waals surface area contributed by atoms with Gasteiger partial charge in [0.25, 0.3) is 5.91 Å². The van der Waals surface area contributed by atoms with Gasteiger partial charge in [0.1, 0.15) is 5.75 Å². The first kappa shape index (κ1) is 11.9. The Labute approximate surface area is 115 Å². The van der Waals surface area contributed by atoms with Crippen LogP contribution in [0.15, 0.2) is 59.5 Å². The Morgan fingerprint density at radius 1 is 0.947 bits per heavy atom. The molecule has 19 heavy (non-hydrogen) atoms. The minimum Gasteiger partial charge on any atom is -0.506 e. The molecule has 94 valence electrons. The average molecular weight is 269 g/mol. The molecule has 0 atom stereocenters. The fraction of sp³-hybridized carbons (Fsp3) is 0. The van der Waals surface area contributed by atoms with Crippen LogP contribution in [-0.2, 0) is 4.79 Å². The summed E-state index contributed by atoms with van der Waals surface area (Å²) in [6, 6.07) is 14.6. The first-order chi connectivity index (χ1) is 9.25. The quantitative estimate of drug-likeness (QED) is 0.806. The number of carbonyl (C=O) groups is 1. The van der Waals surface area contributed by atoms with E-state index in [1.165, 1.54) is 22.3 Å². The Bertz CT molecular complexity index is 667. The minimum absolute atomic E-state index is 0.0936. The van der Waals surface area contributed by atoms with Gasteiger partial charge in [-0.25, -0.2) is 4.31 Å². The summed E-state index contributed by atoms with van der Waals surface area (Å²) in [5.74, 6) is -0.0705. The van der Waals surface area contributed by atoms with E-state index in [0.29, 0.717) is 5.69 Å². The molecule has 1 amide bonds. The summed E-state index contributed by atoms with van der Waals surface area (Å²) >= 11 is 1.31. The molecule has 3 nitrogen and oxygen atoms in total. The van der Waals surface area contributed by atoms with Crippen molar-refractivity contribution in [1.82, 2.24) is 0 Å². The Hall–Kier alpha value is -2.20. The zero-order valence-corrected chi connectivity index (χ0v) is 10.8. The Morgan fingerprint density at radius 3 is 2.53 bits per heavy atom. The molecule has 0 fully saturated rings. The number of anilines is 1. The molecule has 0 saturated heterocycles. The Morgan fingerprint density at radius 2 is 1.68 bits per heavy atom. The maximum atomic E-state index is 12.1. The maximum Gasteiger partial charge on any atom is 0.261 e. The third-order valence-corrected chi connectivity index (χ3v) is 3.94. The summed E-state index contributed by atoms with van der Waals surface area (Å²) in [7, 11) is 0.